The number of fused-ring (bicyclic) bond motifs is 1. The summed E-state index contributed by atoms with van der Waals surface area (Å²) in [5, 5.41) is 28.4. The molecule has 0 spiro atoms. The number of aromatic amines is 1. The molecule has 0 aliphatic rings. The van der Waals surface area contributed by atoms with Gasteiger partial charge in [0.05, 0.1) is 37.1 Å². The molecule has 0 saturated carbocycles. The van der Waals surface area contributed by atoms with E-state index in [0.717, 1.165) is 5.39 Å². The molecule has 19 heavy (non-hydrogen) atoms. The lowest BCUT2D eigenvalue weighted by atomic mass is 10.1. The van der Waals surface area contributed by atoms with Crippen molar-refractivity contribution in [3.05, 3.63) is 23.9 Å². The number of anilines is 1. The van der Waals surface area contributed by atoms with E-state index >= 15 is 0 Å². The topological polar surface area (TPSA) is 107 Å². The molecule has 0 bridgehead atoms. The first kappa shape index (κ1) is 13.3. The number of nitrogens with zero attached hydrogens (tertiary/aromatic N) is 1. The number of aliphatic hydroxyl groups excluding tert-OH is 2. The Kier molecular flexibility index (Phi) is 3.98. The van der Waals surface area contributed by atoms with E-state index in [1.165, 1.54) is 7.11 Å². The van der Waals surface area contributed by atoms with E-state index in [0.29, 0.717) is 16.8 Å². The van der Waals surface area contributed by atoms with Gasteiger partial charge in [-0.25, -0.2) is 4.79 Å². The molecule has 0 saturated heterocycles. The third-order valence-corrected chi connectivity index (χ3v) is 2.71. The normalized spacial score (nSPS) is 12.4. The molecule has 1 unspecified atom stereocenters. The number of esters is 1. The Morgan fingerprint density at radius 1 is 1.58 bits per heavy atom. The third kappa shape index (κ3) is 2.83. The molecule has 2 rings (SSSR count). The SMILES string of the molecule is COC(=O)c1cc(NCC(O)CO)cc2cn[nH]c12. The molecule has 1 atom stereocenters. The fourth-order valence-corrected chi connectivity index (χ4v) is 1.73. The fraction of sp³-hybridized carbons (Fsp3) is 0.333. The van der Waals surface area contributed by atoms with E-state index in [-0.39, 0.29) is 13.2 Å². The quantitative estimate of drug-likeness (QED) is 0.572. The van der Waals surface area contributed by atoms with Crippen molar-refractivity contribution in [3.63, 3.8) is 0 Å². The highest BCUT2D eigenvalue weighted by molar-refractivity contribution is 6.04. The Labute approximate surface area is 109 Å². The van der Waals surface area contributed by atoms with Gasteiger partial charge in [-0.3, -0.25) is 5.10 Å². The minimum Gasteiger partial charge on any atom is -0.465 e. The zero-order valence-electron chi connectivity index (χ0n) is 10.4. The van der Waals surface area contributed by atoms with Crippen LogP contribution in [0.3, 0.4) is 0 Å². The Bertz CT molecular complexity index is 581. The Morgan fingerprint density at radius 2 is 2.37 bits per heavy atom. The van der Waals surface area contributed by atoms with Gasteiger partial charge in [0.15, 0.2) is 0 Å². The number of ether oxygens (including phenoxy) is 1. The summed E-state index contributed by atoms with van der Waals surface area (Å²) in [5.41, 5.74) is 1.60. The molecule has 2 aromatic rings. The highest BCUT2D eigenvalue weighted by atomic mass is 16.5. The van der Waals surface area contributed by atoms with Crippen LogP contribution in [-0.4, -0.2) is 52.7 Å². The van der Waals surface area contributed by atoms with Crippen LogP contribution in [0.5, 0.6) is 0 Å². The number of H-pyrrole nitrogens is 1. The minimum absolute atomic E-state index is 0.181. The summed E-state index contributed by atoms with van der Waals surface area (Å²) in [6.07, 6.45) is 0.733. The van der Waals surface area contributed by atoms with Crippen LogP contribution in [0.15, 0.2) is 18.3 Å². The molecule has 4 N–H and O–H groups in total. The van der Waals surface area contributed by atoms with Gasteiger partial charge in [-0.05, 0) is 12.1 Å². The third-order valence-electron chi connectivity index (χ3n) is 2.71. The predicted molar refractivity (Wildman–Crippen MR) is 69.0 cm³/mol. The lowest BCUT2D eigenvalue weighted by Gasteiger charge is -2.11. The number of rotatable bonds is 5. The van der Waals surface area contributed by atoms with Crippen molar-refractivity contribution in [1.82, 2.24) is 10.2 Å². The van der Waals surface area contributed by atoms with Crippen LogP contribution in [0.1, 0.15) is 10.4 Å². The number of hydrogen-bond donors (Lipinski definition) is 4. The molecule has 102 valence electrons. The number of methoxy groups -OCH3 is 1. The minimum atomic E-state index is -0.860. The number of carbonyl (C=O) groups is 1. The number of carbonyl (C=O) groups excluding carboxylic acids is 1. The lowest BCUT2D eigenvalue weighted by molar-refractivity contribution is 0.0603. The van der Waals surface area contributed by atoms with Gasteiger partial charge in [-0.1, -0.05) is 0 Å². The van der Waals surface area contributed by atoms with Gasteiger partial charge < -0.3 is 20.3 Å². The van der Waals surface area contributed by atoms with E-state index in [1.54, 1.807) is 18.3 Å². The molecule has 7 nitrogen and oxygen atoms in total. The van der Waals surface area contributed by atoms with Crippen molar-refractivity contribution in [3.8, 4) is 0 Å². The maximum Gasteiger partial charge on any atom is 0.340 e. The molecular weight excluding hydrogens is 250 g/mol. The first-order valence-electron chi connectivity index (χ1n) is 5.74. The van der Waals surface area contributed by atoms with Crippen LogP contribution in [0.25, 0.3) is 10.9 Å². The molecule has 0 amide bonds. The van der Waals surface area contributed by atoms with Crippen molar-refractivity contribution in [2.75, 3.05) is 25.6 Å². The second-order valence-electron chi connectivity index (χ2n) is 4.07. The number of aromatic nitrogens is 2. The summed E-state index contributed by atoms with van der Waals surface area (Å²) in [5.74, 6) is -0.472. The largest absolute Gasteiger partial charge is 0.465 e. The summed E-state index contributed by atoms with van der Waals surface area (Å²) >= 11 is 0. The van der Waals surface area contributed by atoms with Gasteiger partial charge in [0.2, 0.25) is 0 Å². The molecule has 7 heteroatoms. The summed E-state index contributed by atoms with van der Waals surface area (Å²) in [6, 6.07) is 3.39. The molecule has 1 aromatic heterocycles. The number of aliphatic hydroxyl groups is 2. The molecule has 1 heterocycles. The first-order valence-corrected chi connectivity index (χ1v) is 5.74. The van der Waals surface area contributed by atoms with Crippen LogP contribution in [0.2, 0.25) is 0 Å². The van der Waals surface area contributed by atoms with Gasteiger partial charge in [-0.2, -0.15) is 5.10 Å². The lowest BCUT2D eigenvalue weighted by Crippen LogP contribution is -2.23. The number of hydrogen-bond acceptors (Lipinski definition) is 6. The van der Waals surface area contributed by atoms with Crippen molar-refractivity contribution in [2.24, 2.45) is 0 Å². The van der Waals surface area contributed by atoms with Gasteiger partial charge in [0.1, 0.15) is 0 Å². The number of nitrogens with one attached hydrogen (secondary N) is 2. The first-order chi connectivity index (χ1) is 9.15. The summed E-state index contributed by atoms with van der Waals surface area (Å²) in [7, 11) is 1.31. The predicted octanol–water partition coefficient (Wildman–Crippen LogP) is 0.115. The monoisotopic (exact) mass is 265 g/mol. The molecular formula is C12H15N3O4. The molecule has 1 aromatic carbocycles. The fourth-order valence-electron chi connectivity index (χ4n) is 1.73. The Hall–Kier alpha value is -2.12. The van der Waals surface area contributed by atoms with Gasteiger partial charge in [0, 0.05) is 17.6 Å². The summed E-state index contributed by atoms with van der Waals surface area (Å²) < 4.78 is 4.71. The summed E-state index contributed by atoms with van der Waals surface area (Å²) in [4.78, 5) is 11.7. The van der Waals surface area contributed by atoms with Crippen molar-refractivity contribution in [1.29, 1.82) is 0 Å². The Morgan fingerprint density at radius 3 is 3.05 bits per heavy atom. The van der Waals surface area contributed by atoms with E-state index in [4.69, 9.17) is 9.84 Å². The molecule has 0 radical (unpaired) electrons. The molecule has 0 aliphatic heterocycles. The maximum absolute atomic E-state index is 11.7. The van der Waals surface area contributed by atoms with E-state index in [1.807, 2.05) is 0 Å². The summed E-state index contributed by atoms with van der Waals surface area (Å²) in [6.45, 7) is -0.148. The van der Waals surface area contributed by atoms with Gasteiger partial charge in [0.25, 0.3) is 0 Å². The van der Waals surface area contributed by atoms with Crippen molar-refractivity contribution < 1.29 is 19.7 Å². The van der Waals surface area contributed by atoms with Crippen molar-refractivity contribution in [2.45, 2.75) is 6.10 Å². The second-order valence-corrected chi connectivity index (χ2v) is 4.07. The van der Waals surface area contributed by atoms with Crippen LogP contribution in [-0.2, 0) is 4.74 Å². The highest BCUT2D eigenvalue weighted by Crippen LogP contribution is 2.22. The second kappa shape index (κ2) is 5.68. The van der Waals surface area contributed by atoms with Gasteiger partial charge in [-0.15, -0.1) is 0 Å². The maximum atomic E-state index is 11.7. The zero-order chi connectivity index (χ0) is 13.8. The average molecular weight is 265 g/mol. The molecule has 0 aliphatic carbocycles. The highest BCUT2D eigenvalue weighted by Gasteiger charge is 2.14. The van der Waals surface area contributed by atoms with Crippen molar-refractivity contribution >= 4 is 22.6 Å². The van der Waals surface area contributed by atoms with E-state index < -0.39 is 12.1 Å². The average Bonchev–Trinajstić information content (AvgIpc) is 2.91. The van der Waals surface area contributed by atoms with Crippen LogP contribution in [0.4, 0.5) is 5.69 Å². The standard InChI is InChI=1S/C12H15N3O4/c1-19-12(18)10-3-8(13-5-9(17)6-16)2-7-4-14-15-11(7)10/h2-4,9,13,16-17H,5-6H2,1H3,(H,14,15). The van der Waals surface area contributed by atoms with Crippen LogP contribution in [0, 0.1) is 0 Å². The molecule has 0 fully saturated rings. The van der Waals surface area contributed by atoms with Crippen LogP contribution < -0.4 is 5.32 Å². The van der Waals surface area contributed by atoms with E-state index in [2.05, 4.69) is 15.5 Å². The van der Waals surface area contributed by atoms with E-state index in [9.17, 15) is 9.90 Å². The smallest absolute Gasteiger partial charge is 0.340 e. The number of benzene rings is 1. The van der Waals surface area contributed by atoms with Crippen LogP contribution >= 0.6 is 0 Å². The zero-order valence-corrected chi connectivity index (χ0v) is 10.4. The Balaban J connectivity index is 2.32. The van der Waals surface area contributed by atoms with Gasteiger partial charge >= 0.3 is 5.97 Å².